The third-order valence-corrected chi connectivity index (χ3v) is 2.14. The topological polar surface area (TPSA) is 64.6 Å². The third-order valence-electron chi connectivity index (χ3n) is 2.14. The van der Waals surface area contributed by atoms with Crippen molar-refractivity contribution in [1.29, 1.82) is 0 Å². The summed E-state index contributed by atoms with van der Waals surface area (Å²) in [5.41, 5.74) is 0. The van der Waals surface area contributed by atoms with E-state index in [1.807, 2.05) is 0 Å². The van der Waals surface area contributed by atoms with Crippen molar-refractivity contribution in [3.63, 3.8) is 0 Å². The summed E-state index contributed by atoms with van der Waals surface area (Å²) in [4.78, 5) is 22.4. The van der Waals surface area contributed by atoms with Gasteiger partial charge in [-0.3, -0.25) is 4.79 Å². The Labute approximate surface area is 82.8 Å². The molecule has 0 bridgehead atoms. The van der Waals surface area contributed by atoms with Gasteiger partial charge < -0.3 is 14.8 Å². The van der Waals surface area contributed by atoms with Gasteiger partial charge in [-0.15, -0.1) is 0 Å². The van der Waals surface area contributed by atoms with Crippen LogP contribution in [0, 0.1) is 0 Å². The van der Waals surface area contributed by atoms with Gasteiger partial charge in [0.25, 0.3) is 0 Å². The molecular weight excluding hydrogens is 186 g/mol. The summed E-state index contributed by atoms with van der Waals surface area (Å²) in [6.45, 7) is 2.20. The summed E-state index contributed by atoms with van der Waals surface area (Å²) in [6.07, 6.45) is 1.21. The summed E-state index contributed by atoms with van der Waals surface area (Å²) in [5, 5.41) is 2.53. The smallest absolute Gasteiger partial charge is 0.328 e. The second kappa shape index (κ2) is 4.95. The minimum absolute atomic E-state index is 0.236. The molecule has 0 aromatic rings. The van der Waals surface area contributed by atoms with Gasteiger partial charge in [-0.1, -0.05) is 0 Å². The molecule has 1 fully saturated rings. The molecule has 5 nitrogen and oxygen atoms in total. The number of nitrogens with one attached hydrogen (secondary N) is 1. The molecule has 80 valence electrons. The van der Waals surface area contributed by atoms with Gasteiger partial charge >= 0.3 is 5.97 Å². The lowest BCUT2D eigenvalue weighted by molar-refractivity contribution is -0.145. The van der Waals surface area contributed by atoms with E-state index in [1.165, 1.54) is 7.11 Å². The van der Waals surface area contributed by atoms with Crippen molar-refractivity contribution in [3.05, 3.63) is 0 Å². The Morgan fingerprint density at radius 2 is 2.29 bits per heavy atom. The molecule has 0 aliphatic carbocycles. The summed E-state index contributed by atoms with van der Waals surface area (Å²) in [7, 11) is 1.29. The van der Waals surface area contributed by atoms with E-state index in [-0.39, 0.29) is 5.91 Å². The number of ether oxygens (including phenoxy) is 2. The van der Waals surface area contributed by atoms with E-state index in [0.29, 0.717) is 6.61 Å². The molecule has 0 spiro atoms. The van der Waals surface area contributed by atoms with Gasteiger partial charge in [0.1, 0.15) is 12.1 Å². The molecule has 1 aliphatic rings. The van der Waals surface area contributed by atoms with Crippen molar-refractivity contribution in [2.45, 2.75) is 31.9 Å². The van der Waals surface area contributed by atoms with Gasteiger partial charge in [-0.05, 0) is 19.8 Å². The maximum absolute atomic E-state index is 11.4. The highest BCUT2D eigenvalue weighted by Gasteiger charge is 2.26. The highest BCUT2D eigenvalue weighted by atomic mass is 16.5. The predicted molar refractivity (Wildman–Crippen MR) is 48.6 cm³/mol. The quantitative estimate of drug-likeness (QED) is 0.644. The van der Waals surface area contributed by atoms with Crippen LogP contribution < -0.4 is 5.32 Å². The second-order valence-corrected chi connectivity index (χ2v) is 3.26. The SMILES string of the molecule is COC(=O)[C@H](C)NC(=O)C1CCCO1. The van der Waals surface area contributed by atoms with Gasteiger partial charge in [-0.2, -0.15) is 0 Å². The monoisotopic (exact) mass is 201 g/mol. The van der Waals surface area contributed by atoms with Crippen LogP contribution in [0.1, 0.15) is 19.8 Å². The van der Waals surface area contributed by atoms with Gasteiger partial charge in [0.15, 0.2) is 0 Å². The lowest BCUT2D eigenvalue weighted by Crippen LogP contribution is -2.44. The zero-order valence-corrected chi connectivity index (χ0v) is 8.41. The first kappa shape index (κ1) is 11.0. The number of amides is 1. The lowest BCUT2D eigenvalue weighted by Gasteiger charge is -2.14. The Bertz CT molecular complexity index is 223. The lowest BCUT2D eigenvalue weighted by atomic mass is 10.2. The molecule has 1 rings (SSSR count). The zero-order valence-electron chi connectivity index (χ0n) is 8.41. The molecule has 1 saturated heterocycles. The van der Waals surface area contributed by atoms with Crippen molar-refractivity contribution < 1.29 is 19.1 Å². The molecule has 1 unspecified atom stereocenters. The summed E-state index contributed by atoms with van der Waals surface area (Å²) in [5.74, 6) is -0.684. The summed E-state index contributed by atoms with van der Waals surface area (Å²) >= 11 is 0. The first-order valence-corrected chi connectivity index (χ1v) is 4.65. The van der Waals surface area contributed by atoms with Crippen molar-refractivity contribution in [1.82, 2.24) is 5.32 Å². The molecule has 0 saturated carbocycles. The van der Waals surface area contributed by atoms with Crippen molar-refractivity contribution in [2.24, 2.45) is 0 Å². The molecule has 1 amide bonds. The van der Waals surface area contributed by atoms with Gasteiger partial charge in [0, 0.05) is 6.61 Å². The summed E-state index contributed by atoms with van der Waals surface area (Å²) < 4.78 is 9.65. The molecule has 14 heavy (non-hydrogen) atoms. The molecular formula is C9H15NO4. The Kier molecular flexibility index (Phi) is 3.88. The normalized spacial score (nSPS) is 22.9. The fourth-order valence-corrected chi connectivity index (χ4v) is 1.33. The van der Waals surface area contributed by atoms with Crippen LogP contribution in [0.3, 0.4) is 0 Å². The maximum atomic E-state index is 11.4. The van der Waals surface area contributed by atoms with E-state index in [1.54, 1.807) is 6.92 Å². The van der Waals surface area contributed by atoms with Crippen molar-refractivity contribution in [3.8, 4) is 0 Å². The minimum atomic E-state index is -0.614. The van der Waals surface area contributed by atoms with E-state index >= 15 is 0 Å². The molecule has 5 heteroatoms. The first-order valence-electron chi connectivity index (χ1n) is 4.65. The van der Waals surface area contributed by atoms with Crippen LogP contribution >= 0.6 is 0 Å². The fourth-order valence-electron chi connectivity index (χ4n) is 1.33. The average molecular weight is 201 g/mol. The molecule has 2 atom stereocenters. The Hall–Kier alpha value is -1.10. The number of hydrogen-bond donors (Lipinski definition) is 1. The molecule has 1 heterocycles. The number of hydrogen-bond acceptors (Lipinski definition) is 4. The Morgan fingerprint density at radius 1 is 1.57 bits per heavy atom. The molecule has 1 aliphatic heterocycles. The average Bonchev–Trinajstić information content (AvgIpc) is 2.69. The number of carbonyl (C=O) groups excluding carboxylic acids is 2. The molecule has 0 aromatic carbocycles. The van der Waals surface area contributed by atoms with Crippen LogP contribution in [0.25, 0.3) is 0 Å². The predicted octanol–water partition coefficient (Wildman–Crippen LogP) is -0.157. The van der Waals surface area contributed by atoms with Crippen molar-refractivity contribution >= 4 is 11.9 Å². The Morgan fingerprint density at radius 3 is 2.79 bits per heavy atom. The van der Waals surface area contributed by atoms with Crippen LogP contribution in [0.4, 0.5) is 0 Å². The van der Waals surface area contributed by atoms with Crippen LogP contribution in [-0.4, -0.2) is 37.7 Å². The summed E-state index contributed by atoms with van der Waals surface area (Å²) in [6, 6.07) is -0.614. The fraction of sp³-hybridized carbons (Fsp3) is 0.778. The highest BCUT2D eigenvalue weighted by Crippen LogP contribution is 2.11. The van der Waals surface area contributed by atoms with Crippen LogP contribution in [0.2, 0.25) is 0 Å². The second-order valence-electron chi connectivity index (χ2n) is 3.26. The highest BCUT2D eigenvalue weighted by molar-refractivity contribution is 5.86. The van der Waals surface area contributed by atoms with Gasteiger partial charge in [-0.25, -0.2) is 4.79 Å². The van der Waals surface area contributed by atoms with Gasteiger partial charge in [0.05, 0.1) is 7.11 Å². The molecule has 1 N–H and O–H groups in total. The maximum Gasteiger partial charge on any atom is 0.328 e. The largest absolute Gasteiger partial charge is 0.467 e. The van der Waals surface area contributed by atoms with E-state index < -0.39 is 18.1 Å². The first-order chi connectivity index (χ1) is 6.65. The van der Waals surface area contributed by atoms with E-state index in [2.05, 4.69) is 10.1 Å². The van der Waals surface area contributed by atoms with Crippen LogP contribution in [0.5, 0.6) is 0 Å². The Balaban J connectivity index is 2.35. The standard InChI is InChI=1S/C9H15NO4/c1-6(9(12)13-2)10-8(11)7-4-3-5-14-7/h6-7H,3-5H2,1-2H3,(H,10,11)/t6-,7?/m0/s1. The third kappa shape index (κ3) is 2.70. The van der Waals surface area contributed by atoms with Gasteiger partial charge in [0.2, 0.25) is 5.91 Å². The van der Waals surface area contributed by atoms with E-state index in [0.717, 1.165) is 12.8 Å². The number of carbonyl (C=O) groups is 2. The molecule has 0 radical (unpaired) electrons. The van der Waals surface area contributed by atoms with Crippen molar-refractivity contribution in [2.75, 3.05) is 13.7 Å². The van der Waals surface area contributed by atoms with E-state index in [4.69, 9.17) is 4.74 Å². The number of esters is 1. The van der Waals surface area contributed by atoms with Crippen LogP contribution in [-0.2, 0) is 19.1 Å². The zero-order chi connectivity index (χ0) is 10.6. The molecule has 0 aromatic heterocycles. The number of rotatable bonds is 3. The minimum Gasteiger partial charge on any atom is -0.467 e. The van der Waals surface area contributed by atoms with Crippen LogP contribution in [0.15, 0.2) is 0 Å². The van der Waals surface area contributed by atoms with E-state index in [9.17, 15) is 9.59 Å². The number of methoxy groups -OCH3 is 1.